The van der Waals surface area contributed by atoms with Crippen LogP contribution in [-0.2, 0) is 17.8 Å². The highest BCUT2D eigenvalue weighted by Crippen LogP contribution is 2.28. The zero-order valence-electron chi connectivity index (χ0n) is 15.4. The van der Waals surface area contributed by atoms with Crippen molar-refractivity contribution in [3.8, 4) is 0 Å². The molecule has 1 heterocycles. The lowest BCUT2D eigenvalue weighted by Crippen LogP contribution is -2.15. The molecule has 0 aliphatic heterocycles. The van der Waals surface area contributed by atoms with Crippen LogP contribution in [-0.4, -0.2) is 26.4 Å². The van der Waals surface area contributed by atoms with Gasteiger partial charge in [-0.15, -0.1) is 10.2 Å². The van der Waals surface area contributed by atoms with Gasteiger partial charge in [0.05, 0.1) is 15.8 Å². The fraction of sp³-hybridized carbons (Fsp3) is 0.526. The van der Waals surface area contributed by atoms with Crippen LogP contribution in [0, 0.1) is 5.92 Å². The van der Waals surface area contributed by atoms with Crippen LogP contribution in [0.3, 0.4) is 0 Å². The molecule has 1 aromatic carbocycles. The summed E-state index contributed by atoms with van der Waals surface area (Å²) in [5.74, 6) is 1.90. The number of hydrogen-bond donors (Lipinski definition) is 1. The van der Waals surface area contributed by atoms with E-state index in [4.69, 9.17) is 23.2 Å². The number of thioether (sulfide) groups is 1. The Bertz CT molecular complexity index is 790. The van der Waals surface area contributed by atoms with Crippen molar-refractivity contribution >= 4 is 46.6 Å². The number of carbonyl (C=O) groups is 1. The lowest BCUT2D eigenvalue weighted by Gasteiger charge is -2.21. The number of aromatic nitrogens is 3. The van der Waals surface area contributed by atoms with Gasteiger partial charge in [0.2, 0.25) is 5.91 Å². The number of hydrogen-bond acceptors (Lipinski definition) is 4. The van der Waals surface area contributed by atoms with E-state index in [1.165, 1.54) is 43.9 Å². The molecule has 2 aromatic rings. The van der Waals surface area contributed by atoms with Gasteiger partial charge >= 0.3 is 0 Å². The molecule has 0 atom stereocenters. The van der Waals surface area contributed by atoms with Crippen molar-refractivity contribution in [2.75, 3.05) is 11.1 Å². The van der Waals surface area contributed by atoms with Crippen molar-refractivity contribution in [2.45, 2.75) is 57.1 Å². The minimum absolute atomic E-state index is 0.113. The van der Waals surface area contributed by atoms with E-state index in [9.17, 15) is 4.79 Å². The third kappa shape index (κ3) is 5.62. The molecule has 1 fully saturated rings. The standard InChI is InChI=1S/C19H24Cl2N4OS/c1-2-25-17(10-13-6-4-3-5-7-13)23-24-19(25)27-12-18(26)22-14-8-9-15(20)16(21)11-14/h8-9,11,13H,2-7,10,12H2,1H3,(H,22,26). The van der Waals surface area contributed by atoms with Crippen LogP contribution in [0.4, 0.5) is 5.69 Å². The molecule has 1 aliphatic rings. The number of carbonyl (C=O) groups excluding carboxylic acids is 1. The fourth-order valence-corrected chi connectivity index (χ4v) is 4.56. The SMILES string of the molecule is CCn1c(CC2CCCCC2)nnc1SCC(=O)Nc1ccc(Cl)c(Cl)c1. The minimum atomic E-state index is -0.113. The summed E-state index contributed by atoms with van der Waals surface area (Å²) < 4.78 is 2.13. The largest absolute Gasteiger partial charge is 0.325 e. The highest BCUT2D eigenvalue weighted by molar-refractivity contribution is 7.99. The van der Waals surface area contributed by atoms with Gasteiger partial charge in [-0.05, 0) is 31.0 Å². The summed E-state index contributed by atoms with van der Waals surface area (Å²) >= 11 is 13.3. The molecule has 1 saturated carbocycles. The van der Waals surface area contributed by atoms with E-state index in [1.807, 2.05) is 0 Å². The van der Waals surface area contributed by atoms with Crippen LogP contribution >= 0.6 is 35.0 Å². The Hall–Kier alpha value is -1.24. The van der Waals surface area contributed by atoms with E-state index in [-0.39, 0.29) is 11.7 Å². The zero-order valence-corrected chi connectivity index (χ0v) is 17.7. The molecule has 0 radical (unpaired) electrons. The lowest BCUT2D eigenvalue weighted by molar-refractivity contribution is -0.113. The second-order valence-corrected chi connectivity index (χ2v) is 8.57. The molecule has 146 valence electrons. The Morgan fingerprint density at radius 3 is 2.70 bits per heavy atom. The Labute approximate surface area is 174 Å². The third-order valence-corrected chi connectivity index (χ3v) is 6.55. The first-order valence-electron chi connectivity index (χ1n) is 9.36. The van der Waals surface area contributed by atoms with Crippen LogP contribution in [0.2, 0.25) is 10.0 Å². The third-order valence-electron chi connectivity index (χ3n) is 4.84. The van der Waals surface area contributed by atoms with Crippen molar-refractivity contribution < 1.29 is 4.79 Å². The van der Waals surface area contributed by atoms with Crippen molar-refractivity contribution in [3.05, 3.63) is 34.1 Å². The summed E-state index contributed by atoms with van der Waals surface area (Å²) in [6.45, 7) is 2.90. The smallest absolute Gasteiger partial charge is 0.234 e. The maximum Gasteiger partial charge on any atom is 0.234 e. The quantitative estimate of drug-likeness (QED) is 0.597. The van der Waals surface area contributed by atoms with Crippen LogP contribution in [0.1, 0.15) is 44.9 Å². The van der Waals surface area contributed by atoms with Crippen molar-refractivity contribution in [3.63, 3.8) is 0 Å². The number of rotatable bonds is 7. The topological polar surface area (TPSA) is 59.8 Å². The molecule has 1 amide bonds. The molecule has 1 aromatic heterocycles. The average Bonchev–Trinajstić information content (AvgIpc) is 3.05. The molecule has 5 nitrogen and oxygen atoms in total. The summed E-state index contributed by atoms with van der Waals surface area (Å²) in [6.07, 6.45) is 7.54. The first kappa shape index (κ1) is 20.5. The molecule has 27 heavy (non-hydrogen) atoms. The monoisotopic (exact) mass is 426 g/mol. The van der Waals surface area contributed by atoms with E-state index in [0.717, 1.165) is 23.9 Å². The van der Waals surface area contributed by atoms with Crippen molar-refractivity contribution in [2.24, 2.45) is 5.92 Å². The average molecular weight is 427 g/mol. The first-order valence-corrected chi connectivity index (χ1v) is 11.1. The maximum atomic E-state index is 12.2. The maximum absolute atomic E-state index is 12.2. The first-order chi connectivity index (χ1) is 13.1. The summed E-state index contributed by atoms with van der Waals surface area (Å²) in [7, 11) is 0. The highest BCUT2D eigenvalue weighted by Gasteiger charge is 2.19. The minimum Gasteiger partial charge on any atom is -0.325 e. The van der Waals surface area contributed by atoms with Gasteiger partial charge in [0.25, 0.3) is 0 Å². The van der Waals surface area contributed by atoms with Crippen LogP contribution in [0.15, 0.2) is 23.4 Å². The molecule has 0 unspecified atom stereocenters. The fourth-order valence-electron chi connectivity index (χ4n) is 3.44. The molecular formula is C19H24Cl2N4OS. The van der Waals surface area contributed by atoms with Gasteiger partial charge in [0, 0.05) is 18.7 Å². The normalized spacial score (nSPS) is 15.1. The Morgan fingerprint density at radius 2 is 2.00 bits per heavy atom. The molecule has 3 rings (SSSR count). The van der Waals surface area contributed by atoms with Crippen LogP contribution in [0.25, 0.3) is 0 Å². The van der Waals surface area contributed by atoms with E-state index < -0.39 is 0 Å². The molecule has 0 spiro atoms. The molecule has 0 saturated heterocycles. The second kappa shape index (κ2) is 9.80. The second-order valence-electron chi connectivity index (χ2n) is 6.82. The molecule has 1 aliphatic carbocycles. The number of anilines is 1. The van der Waals surface area contributed by atoms with Gasteiger partial charge in [-0.2, -0.15) is 0 Å². The number of benzene rings is 1. The van der Waals surface area contributed by atoms with E-state index >= 15 is 0 Å². The van der Waals surface area contributed by atoms with Crippen LogP contribution < -0.4 is 5.32 Å². The molecule has 0 bridgehead atoms. The van der Waals surface area contributed by atoms with E-state index in [0.29, 0.717) is 21.7 Å². The molecule has 1 N–H and O–H groups in total. The molecular weight excluding hydrogens is 403 g/mol. The number of halogens is 2. The van der Waals surface area contributed by atoms with Crippen molar-refractivity contribution in [1.29, 1.82) is 0 Å². The van der Waals surface area contributed by atoms with Gasteiger partial charge in [0.15, 0.2) is 5.16 Å². The number of nitrogens with one attached hydrogen (secondary N) is 1. The Kier molecular flexibility index (Phi) is 7.44. The van der Waals surface area contributed by atoms with Gasteiger partial charge in [-0.1, -0.05) is 67.1 Å². The lowest BCUT2D eigenvalue weighted by atomic mass is 9.87. The summed E-state index contributed by atoms with van der Waals surface area (Å²) in [5, 5.41) is 13.2. The van der Waals surface area contributed by atoms with E-state index in [2.05, 4.69) is 27.0 Å². The predicted molar refractivity (Wildman–Crippen MR) is 112 cm³/mol. The van der Waals surface area contributed by atoms with Crippen molar-refractivity contribution in [1.82, 2.24) is 14.8 Å². The highest BCUT2D eigenvalue weighted by atomic mass is 35.5. The van der Waals surface area contributed by atoms with Gasteiger partial charge in [-0.25, -0.2) is 0 Å². The predicted octanol–water partition coefficient (Wildman–Crippen LogP) is 5.46. The van der Waals surface area contributed by atoms with Gasteiger partial charge < -0.3 is 9.88 Å². The zero-order chi connectivity index (χ0) is 19.2. The van der Waals surface area contributed by atoms with E-state index in [1.54, 1.807) is 18.2 Å². The Balaban J connectivity index is 1.56. The summed E-state index contributed by atoms with van der Waals surface area (Å²) in [4.78, 5) is 12.2. The van der Waals surface area contributed by atoms with Crippen LogP contribution in [0.5, 0.6) is 0 Å². The number of nitrogens with zero attached hydrogens (tertiary/aromatic N) is 3. The number of amides is 1. The van der Waals surface area contributed by atoms with Gasteiger partial charge in [0.1, 0.15) is 5.82 Å². The Morgan fingerprint density at radius 1 is 1.22 bits per heavy atom. The molecule has 8 heteroatoms. The van der Waals surface area contributed by atoms with Gasteiger partial charge in [-0.3, -0.25) is 4.79 Å². The summed E-state index contributed by atoms with van der Waals surface area (Å²) in [5.41, 5.74) is 0.630. The summed E-state index contributed by atoms with van der Waals surface area (Å²) in [6, 6.07) is 5.04.